The molecule has 9 heteroatoms. The molecule has 152 valence electrons. The van der Waals surface area contributed by atoms with E-state index in [1.54, 1.807) is 29.8 Å². The van der Waals surface area contributed by atoms with Gasteiger partial charge in [0.15, 0.2) is 5.16 Å². The molecule has 0 radical (unpaired) electrons. The van der Waals surface area contributed by atoms with Gasteiger partial charge >= 0.3 is 0 Å². The molecular formula is C21H18N4O4S. The number of nitrogens with one attached hydrogen (secondary N) is 1. The van der Waals surface area contributed by atoms with E-state index in [9.17, 15) is 19.7 Å². The van der Waals surface area contributed by atoms with E-state index in [1.165, 1.54) is 17.8 Å². The average Bonchev–Trinajstić information content (AvgIpc) is 2.75. The highest BCUT2D eigenvalue weighted by Gasteiger charge is 2.35. The maximum absolute atomic E-state index is 13.0. The molecule has 1 atom stereocenters. The zero-order valence-corrected chi connectivity index (χ0v) is 16.9. The van der Waals surface area contributed by atoms with Crippen LogP contribution in [-0.4, -0.2) is 20.4 Å². The van der Waals surface area contributed by atoms with E-state index in [1.807, 2.05) is 30.3 Å². The van der Waals surface area contributed by atoms with Crippen molar-refractivity contribution in [3.05, 3.63) is 91.8 Å². The summed E-state index contributed by atoms with van der Waals surface area (Å²) in [5, 5.41) is 14.7. The minimum Gasteiger partial charge on any atom is -0.312 e. The number of carbonyl (C=O) groups is 1. The van der Waals surface area contributed by atoms with Crippen molar-refractivity contribution >= 4 is 29.2 Å². The van der Waals surface area contributed by atoms with E-state index in [-0.39, 0.29) is 23.6 Å². The van der Waals surface area contributed by atoms with Gasteiger partial charge in [-0.2, -0.15) is 4.98 Å². The van der Waals surface area contributed by atoms with Crippen LogP contribution in [0.1, 0.15) is 29.0 Å². The molecule has 30 heavy (non-hydrogen) atoms. The molecule has 1 aliphatic heterocycles. The fourth-order valence-electron chi connectivity index (χ4n) is 3.60. The molecule has 2 heterocycles. The van der Waals surface area contributed by atoms with E-state index in [2.05, 4.69) is 10.3 Å². The van der Waals surface area contributed by atoms with Crippen LogP contribution in [0.5, 0.6) is 0 Å². The number of rotatable bonds is 5. The Morgan fingerprint density at radius 1 is 1.17 bits per heavy atom. The first-order valence-electron chi connectivity index (χ1n) is 9.26. The normalized spacial score (nSPS) is 15.4. The van der Waals surface area contributed by atoms with Crippen LogP contribution >= 0.6 is 11.8 Å². The van der Waals surface area contributed by atoms with Crippen molar-refractivity contribution in [2.24, 2.45) is 7.05 Å². The van der Waals surface area contributed by atoms with Crippen molar-refractivity contribution in [3.8, 4) is 0 Å². The second-order valence-corrected chi connectivity index (χ2v) is 7.86. The number of anilines is 1. The Morgan fingerprint density at radius 2 is 1.87 bits per heavy atom. The van der Waals surface area contributed by atoms with Crippen LogP contribution in [0.3, 0.4) is 0 Å². The Labute approximate surface area is 176 Å². The van der Waals surface area contributed by atoms with Gasteiger partial charge in [-0.25, -0.2) is 0 Å². The number of fused-ring (bicyclic) bond motifs is 1. The Morgan fingerprint density at radius 3 is 2.60 bits per heavy atom. The van der Waals surface area contributed by atoms with E-state index in [0.29, 0.717) is 22.3 Å². The lowest BCUT2D eigenvalue weighted by Gasteiger charge is -2.27. The predicted octanol–water partition coefficient (Wildman–Crippen LogP) is 3.45. The summed E-state index contributed by atoms with van der Waals surface area (Å²) in [7, 11) is 1.72. The maximum atomic E-state index is 13.0. The molecule has 1 unspecified atom stereocenters. The topological polar surface area (TPSA) is 107 Å². The highest BCUT2D eigenvalue weighted by molar-refractivity contribution is 7.98. The van der Waals surface area contributed by atoms with Crippen LogP contribution in [0.25, 0.3) is 0 Å². The number of hydrogen-bond acceptors (Lipinski definition) is 6. The molecule has 0 saturated heterocycles. The summed E-state index contributed by atoms with van der Waals surface area (Å²) in [5.74, 6) is -0.0768. The van der Waals surface area contributed by atoms with E-state index in [4.69, 9.17) is 0 Å². The third-order valence-corrected chi connectivity index (χ3v) is 6.12. The van der Waals surface area contributed by atoms with Crippen LogP contribution in [0.4, 0.5) is 11.5 Å². The molecule has 0 aliphatic carbocycles. The number of nitro groups is 1. The fourth-order valence-corrected chi connectivity index (χ4v) is 4.52. The van der Waals surface area contributed by atoms with E-state index in [0.717, 1.165) is 5.56 Å². The summed E-state index contributed by atoms with van der Waals surface area (Å²) in [4.78, 5) is 40.6. The molecule has 8 nitrogen and oxygen atoms in total. The lowest BCUT2D eigenvalue weighted by molar-refractivity contribution is -0.385. The number of nitrogens with zero attached hydrogens (tertiary/aromatic N) is 3. The summed E-state index contributed by atoms with van der Waals surface area (Å²) in [5.41, 5.74) is 1.09. The lowest BCUT2D eigenvalue weighted by atomic mass is 9.86. The third-order valence-electron chi connectivity index (χ3n) is 5.02. The van der Waals surface area contributed by atoms with Crippen molar-refractivity contribution in [1.82, 2.24) is 9.55 Å². The van der Waals surface area contributed by atoms with Gasteiger partial charge in [-0.05, 0) is 5.56 Å². The molecular weight excluding hydrogens is 404 g/mol. The molecule has 1 aromatic heterocycles. The smallest absolute Gasteiger partial charge is 0.279 e. The molecule has 0 spiro atoms. The highest BCUT2D eigenvalue weighted by Crippen LogP contribution is 2.39. The molecule has 0 fully saturated rings. The van der Waals surface area contributed by atoms with E-state index >= 15 is 0 Å². The molecule has 1 aliphatic rings. The quantitative estimate of drug-likeness (QED) is 0.292. The standard InChI is InChI=1S/C21H18N4O4S/c1-24-19-18(20(27)23-21(24)30-12-13-7-3-2-4-8-13)15(11-17(26)22-19)14-9-5-6-10-16(14)25(28)29/h2-10,15H,11-12H2,1H3,(H,22,26). The van der Waals surface area contributed by atoms with Crippen LogP contribution in [0.2, 0.25) is 0 Å². The summed E-state index contributed by atoms with van der Waals surface area (Å²) >= 11 is 1.39. The van der Waals surface area contributed by atoms with Crippen LogP contribution < -0.4 is 10.9 Å². The fraction of sp³-hybridized carbons (Fsp3) is 0.190. The molecule has 0 bridgehead atoms. The van der Waals surface area contributed by atoms with Gasteiger partial charge in [0, 0.05) is 36.8 Å². The van der Waals surface area contributed by atoms with Crippen LogP contribution in [-0.2, 0) is 17.6 Å². The van der Waals surface area contributed by atoms with Gasteiger partial charge in [0.05, 0.1) is 10.5 Å². The Hall–Kier alpha value is -3.46. The van der Waals surface area contributed by atoms with E-state index < -0.39 is 16.4 Å². The molecule has 1 N–H and O–H groups in total. The number of hydrogen-bond donors (Lipinski definition) is 1. The maximum Gasteiger partial charge on any atom is 0.279 e. The van der Waals surface area contributed by atoms with Gasteiger partial charge in [0.25, 0.3) is 11.2 Å². The minimum absolute atomic E-state index is 0.0503. The number of carbonyl (C=O) groups excluding carboxylic acids is 1. The second-order valence-electron chi connectivity index (χ2n) is 6.92. The lowest BCUT2D eigenvalue weighted by Crippen LogP contribution is -2.33. The number of aromatic nitrogens is 2. The largest absolute Gasteiger partial charge is 0.312 e. The Kier molecular flexibility index (Phi) is 5.37. The second kappa shape index (κ2) is 8.11. The van der Waals surface area contributed by atoms with Crippen molar-refractivity contribution in [1.29, 1.82) is 0 Å². The molecule has 0 saturated carbocycles. The van der Waals surface area contributed by atoms with Gasteiger partial charge < -0.3 is 9.88 Å². The molecule has 3 aromatic rings. The SMILES string of the molecule is Cn1c(SCc2ccccc2)nc(=O)c2c1NC(=O)CC2c1ccccc1[N+](=O)[O-]. The van der Waals surface area contributed by atoms with Crippen molar-refractivity contribution in [2.75, 3.05) is 5.32 Å². The number of para-hydroxylation sites is 1. The summed E-state index contributed by atoms with van der Waals surface area (Å²) in [6.07, 6.45) is -0.0503. The zero-order chi connectivity index (χ0) is 21.3. The number of nitro benzene ring substituents is 1. The van der Waals surface area contributed by atoms with Crippen LogP contribution in [0.15, 0.2) is 64.5 Å². The van der Waals surface area contributed by atoms with Gasteiger partial charge in [-0.15, -0.1) is 0 Å². The summed E-state index contributed by atoms with van der Waals surface area (Å²) in [6.45, 7) is 0. The summed E-state index contributed by atoms with van der Waals surface area (Å²) in [6, 6.07) is 16.0. The highest BCUT2D eigenvalue weighted by atomic mass is 32.2. The van der Waals surface area contributed by atoms with Gasteiger partial charge in [-0.3, -0.25) is 19.7 Å². The third kappa shape index (κ3) is 3.71. The Balaban J connectivity index is 1.77. The Bertz CT molecular complexity index is 1190. The number of thioether (sulfide) groups is 1. The van der Waals surface area contributed by atoms with Gasteiger partial charge in [0.1, 0.15) is 5.82 Å². The van der Waals surface area contributed by atoms with Gasteiger partial charge in [-0.1, -0.05) is 60.3 Å². The first-order chi connectivity index (χ1) is 14.5. The number of amides is 1. The van der Waals surface area contributed by atoms with Crippen molar-refractivity contribution < 1.29 is 9.72 Å². The number of benzene rings is 2. The van der Waals surface area contributed by atoms with Gasteiger partial charge in [0.2, 0.25) is 5.91 Å². The minimum atomic E-state index is -0.727. The molecule has 4 rings (SSSR count). The zero-order valence-electron chi connectivity index (χ0n) is 16.1. The first kappa shape index (κ1) is 19.8. The molecule has 2 aromatic carbocycles. The first-order valence-corrected chi connectivity index (χ1v) is 10.2. The molecule has 1 amide bonds. The van der Waals surface area contributed by atoms with Crippen LogP contribution in [0, 0.1) is 10.1 Å². The monoisotopic (exact) mass is 422 g/mol. The predicted molar refractivity (Wildman–Crippen MR) is 114 cm³/mol. The van der Waals surface area contributed by atoms with Crippen molar-refractivity contribution in [2.45, 2.75) is 23.2 Å². The average molecular weight is 422 g/mol. The summed E-state index contributed by atoms with van der Waals surface area (Å²) < 4.78 is 1.67. The van der Waals surface area contributed by atoms with Crippen molar-refractivity contribution in [3.63, 3.8) is 0 Å².